The molecule has 142 valence electrons. The van der Waals surface area contributed by atoms with Crippen molar-refractivity contribution < 1.29 is 13.5 Å². The lowest BCUT2D eigenvalue weighted by Crippen LogP contribution is -2.06. The van der Waals surface area contributed by atoms with Gasteiger partial charge < -0.3 is 9.15 Å². The lowest BCUT2D eigenvalue weighted by molar-refractivity contribution is 0.291. The van der Waals surface area contributed by atoms with Crippen LogP contribution in [0.3, 0.4) is 0 Å². The maximum absolute atomic E-state index is 14.6. The Balaban J connectivity index is 1.87. The fourth-order valence-electron chi connectivity index (χ4n) is 3.05. The molecule has 26 heavy (non-hydrogen) atoms. The third-order valence-corrected chi connectivity index (χ3v) is 4.48. The number of benzene rings is 1. The molecule has 0 amide bonds. The quantitative estimate of drug-likeness (QED) is 0.335. The lowest BCUT2D eigenvalue weighted by atomic mass is 10.1. The van der Waals surface area contributed by atoms with Crippen LogP contribution in [0.4, 0.5) is 4.39 Å². The Labute approximate surface area is 154 Å². The maximum atomic E-state index is 14.6. The van der Waals surface area contributed by atoms with Gasteiger partial charge in [0.15, 0.2) is 11.6 Å². The molecule has 0 fully saturated rings. The van der Waals surface area contributed by atoms with Crippen molar-refractivity contribution in [3.8, 4) is 5.75 Å². The van der Waals surface area contributed by atoms with Crippen molar-refractivity contribution in [2.75, 3.05) is 6.61 Å². The Hall–Kier alpha value is -2.10. The third kappa shape index (κ3) is 5.72. The first kappa shape index (κ1) is 20.2. The summed E-state index contributed by atoms with van der Waals surface area (Å²) in [6.07, 6.45) is 11.6. The summed E-state index contributed by atoms with van der Waals surface area (Å²) >= 11 is 0. The summed E-state index contributed by atoms with van der Waals surface area (Å²) in [7, 11) is 0. The average molecular weight is 360 g/mol. The molecular weight excluding hydrogens is 331 g/mol. The molecule has 0 N–H and O–H groups in total. The summed E-state index contributed by atoms with van der Waals surface area (Å²) in [4.78, 5) is 12.1. The van der Waals surface area contributed by atoms with Gasteiger partial charge in [-0.1, -0.05) is 64.0 Å². The number of rotatable bonds is 12. The second-order valence-corrected chi connectivity index (χ2v) is 6.66. The minimum Gasteiger partial charge on any atom is -0.490 e. The molecule has 0 saturated heterocycles. The van der Waals surface area contributed by atoms with Crippen LogP contribution in [-0.4, -0.2) is 6.61 Å². The van der Waals surface area contributed by atoms with E-state index in [0.29, 0.717) is 24.2 Å². The van der Waals surface area contributed by atoms with Gasteiger partial charge in [0, 0.05) is 6.42 Å². The summed E-state index contributed by atoms with van der Waals surface area (Å²) in [5, 5.41) is 0.473. The van der Waals surface area contributed by atoms with Crippen molar-refractivity contribution in [3.63, 3.8) is 0 Å². The summed E-state index contributed by atoms with van der Waals surface area (Å²) in [5.74, 6) is -0.0466. The largest absolute Gasteiger partial charge is 0.490 e. The predicted octanol–water partition coefficient (Wildman–Crippen LogP) is 6.18. The molecule has 4 heteroatoms. The standard InChI is InChI=1S/C22H29FO3/c1-3-5-6-7-8-9-10-11-15-25-19-14-13-17-16-18(12-4-2)26-22(24)20(17)21(19)23/h4,13-14,16H,2-3,5-12,15H2,1H3. The maximum Gasteiger partial charge on any atom is 0.346 e. The topological polar surface area (TPSA) is 39.4 Å². The van der Waals surface area contributed by atoms with Gasteiger partial charge in [-0.2, -0.15) is 0 Å². The van der Waals surface area contributed by atoms with Crippen molar-refractivity contribution in [1.82, 2.24) is 0 Å². The molecule has 0 atom stereocenters. The molecule has 0 spiro atoms. The van der Waals surface area contributed by atoms with E-state index in [9.17, 15) is 9.18 Å². The van der Waals surface area contributed by atoms with Crippen LogP contribution >= 0.6 is 0 Å². The molecule has 0 aliphatic rings. The molecule has 2 rings (SSSR count). The Bertz CT molecular complexity index is 764. The zero-order valence-electron chi connectivity index (χ0n) is 15.7. The van der Waals surface area contributed by atoms with Gasteiger partial charge in [-0.25, -0.2) is 9.18 Å². The minimum absolute atomic E-state index is 0.0498. The fourth-order valence-corrected chi connectivity index (χ4v) is 3.05. The molecule has 0 bridgehead atoms. The molecule has 2 aromatic rings. The normalized spacial score (nSPS) is 11.0. The second kappa shape index (κ2) is 10.8. The number of fused-ring (bicyclic) bond motifs is 1. The third-order valence-electron chi connectivity index (χ3n) is 4.48. The molecule has 0 unspecified atom stereocenters. The molecule has 0 aliphatic heterocycles. The molecule has 3 nitrogen and oxygen atoms in total. The van der Waals surface area contributed by atoms with E-state index in [1.807, 2.05) is 0 Å². The van der Waals surface area contributed by atoms with Crippen molar-refractivity contribution in [2.45, 2.75) is 64.7 Å². The van der Waals surface area contributed by atoms with E-state index in [0.717, 1.165) is 12.8 Å². The summed E-state index contributed by atoms with van der Waals surface area (Å²) in [6.45, 7) is 6.29. The zero-order valence-corrected chi connectivity index (χ0v) is 15.7. The molecule has 0 radical (unpaired) electrons. The molecule has 0 aliphatic carbocycles. The number of hydrogen-bond donors (Lipinski definition) is 0. The number of unbranched alkanes of at least 4 members (excludes halogenated alkanes) is 7. The molecule has 0 saturated carbocycles. The van der Waals surface area contributed by atoms with Crippen LogP contribution in [-0.2, 0) is 6.42 Å². The van der Waals surface area contributed by atoms with Crippen LogP contribution in [0.5, 0.6) is 5.75 Å². The van der Waals surface area contributed by atoms with E-state index in [1.54, 1.807) is 24.3 Å². The molecular formula is C22H29FO3. The number of halogens is 1. The monoisotopic (exact) mass is 360 g/mol. The number of hydrogen-bond acceptors (Lipinski definition) is 3. The summed E-state index contributed by atoms with van der Waals surface area (Å²) in [5.41, 5.74) is -0.672. The smallest absolute Gasteiger partial charge is 0.346 e. The van der Waals surface area contributed by atoms with Crippen LogP contribution in [0.2, 0.25) is 0 Å². The van der Waals surface area contributed by atoms with Crippen LogP contribution in [0, 0.1) is 5.82 Å². The van der Waals surface area contributed by atoms with E-state index in [2.05, 4.69) is 13.5 Å². The summed E-state index contributed by atoms with van der Waals surface area (Å²) in [6, 6.07) is 4.95. The first-order valence-corrected chi connectivity index (χ1v) is 9.66. The van der Waals surface area contributed by atoms with Crippen LogP contribution in [0.15, 0.2) is 40.1 Å². The highest BCUT2D eigenvalue weighted by Gasteiger charge is 2.14. The van der Waals surface area contributed by atoms with Gasteiger partial charge in [-0.3, -0.25) is 0 Å². The minimum atomic E-state index is -0.672. The van der Waals surface area contributed by atoms with Crippen LogP contribution < -0.4 is 10.4 Å². The first-order valence-electron chi connectivity index (χ1n) is 9.66. The molecule has 1 heterocycles. The average Bonchev–Trinajstić information content (AvgIpc) is 2.62. The van der Waals surface area contributed by atoms with Crippen LogP contribution in [0.1, 0.15) is 64.1 Å². The molecule has 1 aromatic carbocycles. The lowest BCUT2D eigenvalue weighted by Gasteiger charge is -2.09. The Morgan fingerprint density at radius 1 is 1.12 bits per heavy atom. The van der Waals surface area contributed by atoms with E-state index < -0.39 is 11.4 Å². The number of allylic oxidation sites excluding steroid dienone is 1. The van der Waals surface area contributed by atoms with Gasteiger partial charge in [0.25, 0.3) is 0 Å². The van der Waals surface area contributed by atoms with Gasteiger partial charge in [0.2, 0.25) is 0 Å². The highest BCUT2D eigenvalue weighted by molar-refractivity contribution is 5.83. The predicted molar refractivity (Wildman–Crippen MR) is 104 cm³/mol. The van der Waals surface area contributed by atoms with Crippen molar-refractivity contribution in [2.24, 2.45) is 0 Å². The van der Waals surface area contributed by atoms with Gasteiger partial charge in [0.1, 0.15) is 11.1 Å². The number of ether oxygens (including phenoxy) is 1. The Morgan fingerprint density at radius 3 is 2.50 bits per heavy atom. The second-order valence-electron chi connectivity index (χ2n) is 6.66. The van der Waals surface area contributed by atoms with E-state index in [4.69, 9.17) is 9.15 Å². The van der Waals surface area contributed by atoms with Gasteiger partial charge in [-0.05, 0) is 23.9 Å². The Kier molecular flexibility index (Phi) is 8.39. The van der Waals surface area contributed by atoms with Crippen molar-refractivity contribution >= 4 is 10.8 Å². The highest BCUT2D eigenvalue weighted by atomic mass is 19.1. The van der Waals surface area contributed by atoms with Crippen LogP contribution in [0.25, 0.3) is 10.8 Å². The van der Waals surface area contributed by atoms with E-state index in [1.165, 1.54) is 38.5 Å². The highest BCUT2D eigenvalue weighted by Crippen LogP contribution is 2.25. The summed E-state index contributed by atoms with van der Waals surface area (Å²) < 4.78 is 25.3. The van der Waals surface area contributed by atoms with Crippen molar-refractivity contribution in [3.05, 3.63) is 52.9 Å². The van der Waals surface area contributed by atoms with Gasteiger partial charge >= 0.3 is 5.63 Å². The van der Waals surface area contributed by atoms with Gasteiger partial charge in [0.05, 0.1) is 6.61 Å². The fraction of sp³-hybridized carbons (Fsp3) is 0.500. The van der Waals surface area contributed by atoms with E-state index >= 15 is 0 Å². The van der Waals surface area contributed by atoms with E-state index in [-0.39, 0.29) is 11.1 Å². The first-order chi connectivity index (χ1) is 12.7. The molecule has 1 aromatic heterocycles. The van der Waals surface area contributed by atoms with Crippen molar-refractivity contribution in [1.29, 1.82) is 0 Å². The zero-order chi connectivity index (χ0) is 18.8. The van der Waals surface area contributed by atoms with Gasteiger partial charge in [-0.15, -0.1) is 6.58 Å². The Morgan fingerprint density at radius 2 is 1.81 bits per heavy atom. The SMILES string of the molecule is C=CCc1cc2ccc(OCCCCCCCCCC)c(F)c2c(=O)o1.